The van der Waals surface area contributed by atoms with Gasteiger partial charge in [0, 0.05) is 12.1 Å². The van der Waals surface area contributed by atoms with E-state index in [0.29, 0.717) is 0 Å². The molecule has 0 aliphatic carbocycles. The average Bonchev–Trinajstić information content (AvgIpc) is 3.16. The van der Waals surface area contributed by atoms with E-state index in [2.05, 4.69) is 15.1 Å². The number of hydrogen-bond acceptors (Lipinski definition) is 4. The second-order valence-corrected chi connectivity index (χ2v) is 9.22. The summed E-state index contributed by atoms with van der Waals surface area (Å²) < 4.78 is 92.5. The Morgan fingerprint density at radius 1 is 1.06 bits per heavy atom. The van der Waals surface area contributed by atoms with Crippen LogP contribution in [0.4, 0.5) is 22.0 Å². The summed E-state index contributed by atoms with van der Waals surface area (Å²) in [5.74, 6) is -2.00. The number of carbonyl (C=O) groups is 1. The number of amides is 1. The molecule has 0 spiro atoms. The van der Waals surface area contributed by atoms with Crippen LogP contribution in [0.5, 0.6) is 0 Å². The summed E-state index contributed by atoms with van der Waals surface area (Å²) in [5.41, 5.74) is -0.859. The highest BCUT2D eigenvalue weighted by Gasteiger charge is 2.35. The maximum absolute atomic E-state index is 14.2. The van der Waals surface area contributed by atoms with Crippen molar-refractivity contribution >= 4 is 15.9 Å². The second kappa shape index (κ2) is 9.89. The van der Waals surface area contributed by atoms with E-state index in [1.165, 1.54) is 24.3 Å². The molecule has 1 aromatic heterocycles. The molecule has 0 aliphatic rings. The zero-order chi connectivity index (χ0) is 25.1. The van der Waals surface area contributed by atoms with Crippen molar-refractivity contribution in [3.63, 3.8) is 0 Å². The van der Waals surface area contributed by atoms with Crippen LogP contribution in [-0.2, 0) is 40.5 Å². The number of hydrogen-bond donors (Lipinski definition) is 2. The lowest BCUT2D eigenvalue weighted by Gasteiger charge is -2.10. The third-order valence-corrected chi connectivity index (χ3v) is 5.27. The fourth-order valence-electron chi connectivity index (χ4n) is 3.01. The Bertz CT molecular complexity index is 1310. The van der Waals surface area contributed by atoms with Crippen LogP contribution < -0.4 is 10.0 Å². The number of nitrogens with one attached hydrogen (secondary N) is 2. The topological polar surface area (TPSA) is 93.1 Å². The highest BCUT2D eigenvalue weighted by Crippen LogP contribution is 2.29. The van der Waals surface area contributed by atoms with Gasteiger partial charge in [0.2, 0.25) is 15.9 Å². The van der Waals surface area contributed by atoms with Gasteiger partial charge in [0.15, 0.2) is 5.69 Å². The van der Waals surface area contributed by atoms with Crippen molar-refractivity contribution < 1.29 is 35.2 Å². The van der Waals surface area contributed by atoms with Crippen molar-refractivity contribution in [2.75, 3.05) is 6.26 Å². The number of benzene rings is 2. The molecule has 0 saturated heterocycles. The zero-order valence-corrected chi connectivity index (χ0v) is 18.5. The van der Waals surface area contributed by atoms with E-state index in [4.69, 9.17) is 0 Å². The molecule has 3 aromatic rings. The van der Waals surface area contributed by atoms with E-state index >= 15 is 0 Å². The van der Waals surface area contributed by atoms with Gasteiger partial charge < -0.3 is 5.32 Å². The number of carbonyl (C=O) groups excluding carboxylic acids is 1. The molecule has 7 nitrogen and oxygen atoms in total. The molecule has 2 N–H and O–H groups in total. The molecular formula is C21H19F5N4O3S. The number of rotatable bonds is 8. The first kappa shape index (κ1) is 25.3. The summed E-state index contributed by atoms with van der Waals surface area (Å²) in [4.78, 5) is 12.3. The first-order chi connectivity index (χ1) is 15.8. The molecule has 182 valence electrons. The molecule has 0 radical (unpaired) electrons. The fraction of sp³-hybridized carbons (Fsp3) is 0.238. The Morgan fingerprint density at radius 3 is 2.41 bits per heavy atom. The van der Waals surface area contributed by atoms with E-state index in [1.54, 1.807) is 0 Å². The molecule has 1 amide bonds. The lowest BCUT2D eigenvalue weighted by molar-refractivity contribution is -0.141. The summed E-state index contributed by atoms with van der Waals surface area (Å²) >= 11 is 0. The first-order valence-corrected chi connectivity index (χ1v) is 11.6. The Hall–Kier alpha value is -3.32. The van der Waals surface area contributed by atoms with Crippen LogP contribution in [0.25, 0.3) is 5.69 Å². The van der Waals surface area contributed by atoms with Gasteiger partial charge in [-0.15, -0.1) is 0 Å². The van der Waals surface area contributed by atoms with Crippen LogP contribution in [0.3, 0.4) is 0 Å². The molecule has 1 heterocycles. The molecule has 0 aliphatic heterocycles. The minimum Gasteiger partial charge on any atom is -0.350 e. The van der Waals surface area contributed by atoms with Crippen molar-refractivity contribution in [1.82, 2.24) is 19.8 Å². The smallest absolute Gasteiger partial charge is 0.350 e. The Morgan fingerprint density at radius 2 is 1.79 bits per heavy atom. The predicted octanol–water partition coefficient (Wildman–Crippen LogP) is 3.08. The summed E-state index contributed by atoms with van der Waals surface area (Å²) in [6.07, 6.45) is -4.10. The standard InChI is InChI=1S/C21H19F5N4O3S/c1-34(32,33)28-11-14-6-5-13(7-18(14)23)8-20(31)27-12-17-10-19(21(24,25)26)29-30(17)16-4-2-3-15(22)9-16/h2-7,9-10,28H,8,11-12H2,1H3,(H,27,31). The largest absolute Gasteiger partial charge is 0.435 e. The quantitative estimate of drug-likeness (QED) is 0.463. The van der Waals surface area contributed by atoms with Crippen molar-refractivity contribution in [2.45, 2.75) is 25.7 Å². The molecule has 0 fully saturated rings. The Kier molecular flexibility index (Phi) is 7.36. The highest BCUT2D eigenvalue weighted by atomic mass is 32.2. The summed E-state index contributed by atoms with van der Waals surface area (Å²) in [6.45, 7) is -0.611. The van der Waals surface area contributed by atoms with E-state index in [-0.39, 0.29) is 42.0 Å². The molecule has 34 heavy (non-hydrogen) atoms. The third kappa shape index (κ3) is 6.84. The van der Waals surface area contributed by atoms with Gasteiger partial charge in [-0.25, -0.2) is 26.6 Å². The van der Waals surface area contributed by atoms with Crippen LogP contribution in [-0.4, -0.2) is 30.4 Å². The molecule has 2 aromatic carbocycles. The normalized spacial score (nSPS) is 12.1. The molecule has 0 saturated carbocycles. The van der Waals surface area contributed by atoms with E-state index in [9.17, 15) is 35.2 Å². The maximum Gasteiger partial charge on any atom is 0.435 e. The number of halogens is 5. The van der Waals surface area contributed by atoms with Crippen molar-refractivity contribution in [3.8, 4) is 5.69 Å². The van der Waals surface area contributed by atoms with Crippen molar-refractivity contribution in [3.05, 3.63) is 82.7 Å². The van der Waals surface area contributed by atoms with Crippen molar-refractivity contribution in [2.24, 2.45) is 0 Å². The van der Waals surface area contributed by atoms with Crippen LogP contribution >= 0.6 is 0 Å². The molecule has 0 atom stereocenters. The molecule has 0 bridgehead atoms. The lowest BCUT2D eigenvalue weighted by atomic mass is 10.1. The van der Waals surface area contributed by atoms with E-state index in [1.807, 2.05) is 0 Å². The monoisotopic (exact) mass is 502 g/mol. The van der Waals surface area contributed by atoms with Gasteiger partial charge in [-0.1, -0.05) is 18.2 Å². The number of nitrogens with zero attached hydrogens (tertiary/aromatic N) is 2. The van der Waals surface area contributed by atoms with E-state index in [0.717, 1.165) is 35.2 Å². The average molecular weight is 502 g/mol. The van der Waals surface area contributed by atoms with Gasteiger partial charge in [0.25, 0.3) is 0 Å². The molecule has 0 unspecified atom stereocenters. The van der Waals surface area contributed by atoms with Crippen LogP contribution in [0.1, 0.15) is 22.5 Å². The first-order valence-electron chi connectivity index (χ1n) is 9.72. The summed E-state index contributed by atoms with van der Waals surface area (Å²) in [7, 11) is -3.51. The maximum atomic E-state index is 14.2. The van der Waals surface area contributed by atoms with Gasteiger partial charge in [-0.05, 0) is 35.9 Å². The zero-order valence-electron chi connectivity index (χ0n) is 17.7. The Balaban J connectivity index is 1.71. The summed E-state index contributed by atoms with van der Waals surface area (Å²) in [5, 5.41) is 5.93. The Labute approximate surface area is 191 Å². The van der Waals surface area contributed by atoms with Crippen molar-refractivity contribution in [1.29, 1.82) is 0 Å². The summed E-state index contributed by atoms with van der Waals surface area (Å²) in [6, 6.07) is 9.37. The minimum atomic E-state index is -4.75. The van der Waals surface area contributed by atoms with E-state index < -0.39 is 39.4 Å². The lowest BCUT2D eigenvalue weighted by Crippen LogP contribution is -2.26. The number of alkyl halides is 3. The number of aromatic nitrogens is 2. The molecular weight excluding hydrogens is 483 g/mol. The SMILES string of the molecule is CS(=O)(=O)NCc1ccc(CC(=O)NCc2cc(C(F)(F)F)nn2-c2cccc(F)c2)cc1F. The van der Waals surface area contributed by atoms with Crippen LogP contribution in [0.15, 0.2) is 48.5 Å². The van der Waals surface area contributed by atoms with Gasteiger partial charge in [0.1, 0.15) is 11.6 Å². The van der Waals surface area contributed by atoms with Gasteiger partial charge in [-0.3, -0.25) is 4.79 Å². The number of sulfonamides is 1. The second-order valence-electron chi connectivity index (χ2n) is 7.38. The third-order valence-electron chi connectivity index (χ3n) is 4.60. The van der Waals surface area contributed by atoms with Gasteiger partial charge in [0.05, 0.1) is 30.6 Å². The molecule has 3 rings (SSSR count). The predicted molar refractivity (Wildman–Crippen MR) is 112 cm³/mol. The fourth-order valence-corrected chi connectivity index (χ4v) is 3.42. The van der Waals surface area contributed by atoms with Gasteiger partial charge >= 0.3 is 6.18 Å². The molecule has 13 heteroatoms. The van der Waals surface area contributed by atoms with Crippen LogP contribution in [0.2, 0.25) is 0 Å². The minimum absolute atomic E-state index is 0.0418. The van der Waals surface area contributed by atoms with Gasteiger partial charge in [-0.2, -0.15) is 18.3 Å². The van der Waals surface area contributed by atoms with Crippen LogP contribution in [0, 0.1) is 11.6 Å². The highest BCUT2D eigenvalue weighted by molar-refractivity contribution is 7.88.